The van der Waals surface area contributed by atoms with Crippen molar-refractivity contribution >= 4 is 45.9 Å². The molecule has 6 nitrogen and oxygen atoms in total. The van der Waals surface area contributed by atoms with E-state index < -0.39 is 5.82 Å². The Labute approximate surface area is 204 Å². The molecule has 1 aliphatic rings. The number of hydrogen-bond donors (Lipinski definition) is 2. The molecular weight excluding hydrogens is 478 g/mol. The number of nitrogens with one attached hydrogen (secondary N) is 2. The number of benzene rings is 2. The monoisotopic (exact) mass is 496 g/mol. The first-order valence-corrected chi connectivity index (χ1v) is 11.4. The molecule has 0 radical (unpaired) electrons. The zero-order valence-corrected chi connectivity index (χ0v) is 19.4. The highest BCUT2D eigenvalue weighted by Gasteiger charge is 2.24. The Kier molecular flexibility index (Phi) is 5.98. The number of rotatable bonds is 5. The van der Waals surface area contributed by atoms with E-state index in [1.54, 1.807) is 35.4 Å². The van der Waals surface area contributed by atoms with Crippen molar-refractivity contribution in [3.05, 3.63) is 98.7 Å². The van der Waals surface area contributed by atoms with Gasteiger partial charge in [0, 0.05) is 52.5 Å². The van der Waals surface area contributed by atoms with Crippen LogP contribution in [0.15, 0.2) is 54.9 Å². The summed E-state index contributed by atoms with van der Waals surface area (Å²) in [5.41, 5.74) is 3.85. The fraction of sp³-hybridized carbons (Fsp3) is 0.160. The van der Waals surface area contributed by atoms with Gasteiger partial charge in [0.2, 0.25) is 5.91 Å². The fourth-order valence-corrected chi connectivity index (χ4v) is 4.50. The Morgan fingerprint density at radius 2 is 2.00 bits per heavy atom. The summed E-state index contributed by atoms with van der Waals surface area (Å²) in [5.74, 6) is -0.822. The average molecular weight is 497 g/mol. The second-order valence-corrected chi connectivity index (χ2v) is 9.03. The Hall–Kier alpha value is -3.42. The number of nitrogens with zero attached hydrogens (tertiary/aromatic N) is 2. The molecule has 0 atom stereocenters. The van der Waals surface area contributed by atoms with Crippen LogP contribution in [-0.2, 0) is 30.8 Å². The number of aromatic nitrogens is 2. The highest BCUT2D eigenvalue weighted by atomic mass is 35.5. The minimum absolute atomic E-state index is 0.00191. The van der Waals surface area contributed by atoms with Gasteiger partial charge in [0.25, 0.3) is 5.91 Å². The molecule has 2 amide bonds. The van der Waals surface area contributed by atoms with Crippen LogP contribution in [0.5, 0.6) is 0 Å². The summed E-state index contributed by atoms with van der Waals surface area (Å²) >= 11 is 12.2. The SMILES string of the molecule is O=C(NCc1cc2c(Cl)c[nH]c2cc1F)c1ccnc(CN2Cc3cc(Cl)ccc3CC2=O)c1. The van der Waals surface area contributed by atoms with Crippen molar-refractivity contribution in [2.24, 2.45) is 0 Å². The van der Waals surface area contributed by atoms with Crippen LogP contribution in [0.1, 0.15) is 32.7 Å². The third kappa shape index (κ3) is 4.49. The van der Waals surface area contributed by atoms with Gasteiger partial charge in [-0.05, 0) is 47.5 Å². The summed E-state index contributed by atoms with van der Waals surface area (Å²) in [7, 11) is 0. The summed E-state index contributed by atoms with van der Waals surface area (Å²) in [4.78, 5) is 34.2. The molecule has 0 fully saturated rings. The topological polar surface area (TPSA) is 78.1 Å². The Morgan fingerprint density at radius 3 is 2.85 bits per heavy atom. The highest BCUT2D eigenvalue weighted by Crippen LogP contribution is 2.26. The molecule has 3 heterocycles. The second-order valence-electron chi connectivity index (χ2n) is 8.18. The Balaban J connectivity index is 1.27. The van der Waals surface area contributed by atoms with E-state index in [4.69, 9.17) is 23.2 Å². The molecule has 1 aliphatic heterocycles. The van der Waals surface area contributed by atoms with Crippen molar-refractivity contribution in [2.75, 3.05) is 0 Å². The highest BCUT2D eigenvalue weighted by molar-refractivity contribution is 6.35. The van der Waals surface area contributed by atoms with E-state index in [-0.39, 0.29) is 24.9 Å². The summed E-state index contributed by atoms with van der Waals surface area (Å²) < 4.78 is 14.4. The maximum atomic E-state index is 14.4. The van der Waals surface area contributed by atoms with Crippen LogP contribution in [0.2, 0.25) is 10.0 Å². The van der Waals surface area contributed by atoms with Gasteiger partial charge in [-0.25, -0.2) is 4.39 Å². The first-order valence-electron chi connectivity index (χ1n) is 10.6. The van der Waals surface area contributed by atoms with Gasteiger partial charge in [-0.1, -0.05) is 29.3 Å². The second kappa shape index (κ2) is 9.08. The van der Waals surface area contributed by atoms with Gasteiger partial charge in [-0.2, -0.15) is 0 Å². The van der Waals surface area contributed by atoms with Crippen molar-refractivity contribution in [1.29, 1.82) is 0 Å². The zero-order chi connectivity index (χ0) is 23.8. The maximum Gasteiger partial charge on any atom is 0.251 e. The first kappa shape index (κ1) is 22.4. The van der Waals surface area contributed by atoms with E-state index in [2.05, 4.69) is 15.3 Å². The molecule has 0 bridgehead atoms. The van der Waals surface area contributed by atoms with Crippen molar-refractivity contribution < 1.29 is 14.0 Å². The smallest absolute Gasteiger partial charge is 0.251 e. The number of amides is 2. The van der Waals surface area contributed by atoms with Crippen LogP contribution in [0.4, 0.5) is 4.39 Å². The molecule has 2 aromatic carbocycles. The molecule has 172 valence electrons. The quantitative estimate of drug-likeness (QED) is 0.407. The predicted molar refractivity (Wildman–Crippen MR) is 128 cm³/mol. The summed E-state index contributed by atoms with van der Waals surface area (Å²) in [5, 5.41) is 4.53. The lowest BCUT2D eigenvalue weighted by atomic mass is 9.99. The molecule has 4 aromatic rings. The molecule has 0 aliphatic carbocycles. The largest absolute Gasteiger partial charge is 0.360 e. The zero-order valence-electron chi connectivity index (χ0n) is 17.9. The van der Waals surface area contributed by atoms with Crippen molar-refractivity contribution in [1.82, 2.24) is 20.2 Å². The van der Waals surface area contributed by atoms with Crippen LogP contribution in [-0.4, -0.2) is 26.7 Å². The molecule has 0 spiro atoms. The van der Waals surface area contributed by atoms with Gasteiger partial charge in [0.15, 0.2) is 0 Å². The van der Waals surface area contributed by atoms with E-state index in [0.29, 0.717) is 50.7 Å². The van der Waals surface area contributed by atoms with E-state index in [9.17, 15) is 14.0 Å². The van der Waals surface area contributed by atoms with E-state index in [1.165, 1.54) is 12.3 Å². The maximum absolute atomic E-state index is 14.4. The normalized spacial score (nSPS) is 13.3. The molecule has 0 saturated carbocycles. The van der Waals surface area contributed by atoms with Crippen LogP contribution in [0, 0.1) is 5.82 Å². The lowest BCUT2D eigenvalue weighted by molar-refractivity contribution is -0.132. The summed E-state index contributed by atoms with van der Waals surface area (Å²) in [6.07, 6.45) is 3.41. The molecule has 9 heteroatoms. The molecule has 2 aromatic heterocycles. The van der Waals surface area contributed by atoms with Gasteiger partial charge in [-0.15, -0.1) is 0 Å². The lowest BCUT2D eigenvalue weighted by Gasteiger charge is -2.28. The van der Waals surface area contributed by atoms with Crippen molar-refractivity contribution in [3.63, 3.8) is 0 Å². The molecule has 34 heavy (non-hydrogen) atoms. The fourth-order valence-electron chi connectivity index (χ4n) is 4.10. The standard InChI is InChI=1S/C25H19Cl2FN4O2/c26-18-2-1-14-8-24(33)32(12-17(14)5-18)13-19-6-15(3-4-29-19)25(34)31-10-16-7-20-21(27)11-30-23(20)9-22(16)28/h1-7,9,11,30H,8,10,12-13H2,(H,31,34). The lowest BCUT2D eigenvalue weighted by Crippen LogP contribution is -2.36. The van der Waals surface area contributed by atoms with Crippen LogP contribution >= 0.6 is 23.2 Å². The summed E-state index contributed by atoms with van der Waals surface area (Å²) in [6, 6.07) is 11.7. The Bertz CT molecular complexity index is 1440. The van der Waals surface area contributed by atoms with Gasteiger partial charge < -0.3 is 15.2 Å². The molecule has 2 N–H and O–H groups in total. The van der Waals surface area contributed by atoms with Gasteiger partial charge in [-0.3, -0.25) is 14.6 Å². The van der Waals surface area contributed by atoms with Crippen molar-refractivity contribution in [2.45, 2.75) is 26.1 Å². The Morgan fingerprint density at radius 1 is 1.15 bits per heavy atom. The number of aromatic amines is 1. The third-order valence-corrected chi connectivity index (χ3v) is 6.44. The third-order valence-electron chi connectivity index (χ3n) is 5.89. The average Bonchev–Trinajstić information content (AvgIpc) is 3.17. The van der Waals surface area contributed by atoms with Gasteiger partial charge in [0.05, 0.1) is 23.7 Å². The molecular formula is C25H19Cl2FN4O2. The minimum atomic E-state index is -0.439. The predicted octanol–water partition coefficient (Wildman–Crippen LogP) is 5.02. The number of halogens is 3. The number of carbonyl (C=O) groups excluding carboxylic acids is 2. The summed E-state index contributed by atoms with van der Waals surface area (Å²) in [6.45, 7) is 0.696. The number of hydrogen-bond acceptors (Lipinski definition) is 3. The van der Waals surface area contributed by atoms with Gasteiger partial charge >= 0.3 is 0 Å². The van der Waals surface area contributed by atoms with E-state index in [1.807, 2.05) is 12.1 Å². The molecule has 0 saturated heterocycles. The van der Waals surface area contributed by atoms with Crippen LogP contribution in [0.3, 0.4) is 0 Å². The first-order chi connectivity index (χ1) is 16.4. The minimum Gasteiger partial charge on any atom is -0.360 e. The molecule has 5 rings (SSSR count). The number of H-pyrrole nitrogens is 1. The van der Waals surface area contributed by atoms with E-state index >= 15 is 0 Å². The van der Waals surface area contributed by atoms with E-state index in [0.717, 1.165) is 11.1 Å². The number of pyridine rings is 1. The van der Waals surface area contributed by atoms with Crippen molar-refractivity contribution in [3.8, 4) is 0 Å². The van der Waals surface area contributed by atoms with Gasteiger partial charge in [0.1, 0.15) is 5.82 Å². The van der Waals surface area contributed by atoms with Crippen LogP contribution < -0.4 is 5.32 Å². The molecule has 0 unspecified atom stereocenters. The number of carbonyl (C=O) groups is 2. The number of fused-ring (bicyclic) bond motifs is 2. The van der Waals surface area contributed by atoms with Crippen LogP contribution in [0.25, 0.3) is 10.9 Å².